The Bertz CT molecular complexity index is 1080. The first-order valence-electron chi connectivity index (χ1n) is 8.47. The number of azo groups is 1. The number of aldehydes is 1. The van der Waals surface area contributed by atoms with Gasteiger partial charge >= 0.3 is 5.97 Å². The molecule has 0 aliphatic heterocycles. The molecule has 1 heterocycles. The van der Waals surface area contributed by atoms with Crippen molar-refractivity contribution < 1.29 is 24.2 Å². The molecule has 10 heteroatoms. The lowest BCUT2D eigenvalue weighted by molar-refractivity contribution is -0.110. The minimum atomic E-state index is -0.731. The van der Waals surface area contributed by atoms with Gasteiger partial charge in [-0.05, 0) is 26.0 Å². The van der Waals surface area contributed by atoms with E-state index in [4.69, 9.17) is 9.47 Å². The van der Waals surface area contributed by atoms with Crippen molar-refractivity contribution in [2.45, 2.75) is 13.8 Å². The Kier molecular flexibility index (Phi) is 6.81. The minimum Gasteiger partial charge on any atom is -0.493 e. The number of hydrogen-bond acceptors (Lipinski definition) is 9. The number of ether oxygens (including phenoxy) is 2. The first kappa shape index (κ1) is 21.3. The summed E-state index contributed by atoms with van der Waals surface area (Å²) in [6, 6.07) is 6.10. The van der Waals surface area contributed by atoms with Crippen molar-refractivity contribution in [1.29, 1.82) is 5.26 Å². The number of carbonyl (C=O) groups excluding carboxylic acids is 2. The maximum atomic E-state index is 12.3. The van der Waals surface area contributed by atoms with Gasteiger partial charge in [-0.2, -0.15) is 10.4 Å². The number of hydrogen-bond donors (Lipinski definition) is 1. The Morgan fingerprint density at radius 1 is 1.38 bits per heavy atom. The first-order valence-corrected chi connectivity index (χ1v) is 8.47. The van der Waals surface area contributed by atoms with Gasteiger partial charge in [-0.1, -0.05) is 0 Å². The van der Waals surface area contributed by atoms with Gasteiger partial charge in [-0.25, -0.2) is 4.79 Å². The number of benzene rings is 1. The van der Waals surface area contributed by atoms with Gasteiger partial charge in [0, 0.05) is 18.7 Å². The number of pyridine rings is 1. The second-order valence-corrected chi connectivity index (χ2v) is 5.73. The topological polar surface area (TPSA) is 143 Å². The summed E-state index contributed by atoms with van der Waals surface area (Å²) >= 11 is 0. The number of nitriles is 1. The van der Waals surface area contributed by atoms with Gasteiger partial charge in [0.1, 0.15) is 29.6 Å². The minimum absolute atomic E-state index is 0.0793. The Hall–Kier alpha value is -4.00. The monoisotopic (exact) mass is 398 g/mol. The molecule has 150 valence electrons. The smallest absolute Gasteiger partial charge is 0.342 e. The molecular weight excluding hydrogens is 380 g/mol. The van der Waals surface area contributed by atoms with Gasteiger partial charge < -0.3 is 14.6 Å². The third kappa shape index (κ3) is 4.47. The SMILES string of the molecule is CCOc1cc(N=Nc2c(C)c(C#N)c(O)n(C)c2=O)ccc1C(=O)OCC=O. The predicted octanol–water partition coefficient (Wildman–Crippen LogP) is 2.44. The average Bonchev–Trinajstić information content (AvgIpc) is 2.71. The molecule has 0 spiro atoms. The highest BCUT2D eigenvalue weighted by Crippen LogP contribution is 2.29. The quantitative estimate of drug-likeness (QED) is 0.428. The Morgan fingerprint density at radius 2 is 2.10 bits per heavy atom. The van der Waals surface area contributed by atoms with Crippen LogP contribution in [-0.4, -0.2) is 35.1 Å². The number of esters is 1. The molecule has 0 saturated carbocycles. The zero-order valence-corrected chi connectivity index (χ0v) is 16.0. The standard InChI is InChI=1S/C19H18N4O6/c1-4-28-15-9-12(5-6-13(15)19(27)29-8-7-24)21-22-16-11(2)14(10-20)17(25)23(3)18(16)26/h5-7,9,25H,4,8H2,1-3H3. The zero-order valence-electron chi connectivity index (χ0n) is 16.0. The molecule has 1 N–H and O–H groups in total. The van der Waals surface area contributed by atoms with E-state index in [9.17, 15) is 24.8 Å². The van der Waals surface area contributed by atoms with E-state index in [1.165, 1.54) is 32.2 Å². The Morgan fingerprint density at radius 3 is 2.72 bits per heavy atom. The third-order valence-corrected chi connectivity index (χ3v) is 3.92. The van der Waals surface area contributed by atoms with E-state index in [2.05, 4.69) is 10.2 Å². The molecule has 1 aromatic heterocycles. The molecule has 0 fully saturated rings. The molecule has 0 aliphatic rings. The second kappa shape index (κ2) is 9.27. The summed E-state index contributed by atoms with van der Waals surface area (Å²) in [7, 11) is 1.31. The number of aromatic hydroxyl groups is 1. The van der Waals surface area contributed by atoms with Crippen molar-refractivity contribution in [3.8, 4) is 17.7 Å². The molecule has 0 saturated heterocycles. The van der Waals surface area contributed by atoms with Crippen LogP contribution in [0.15, 0.2) is 33.2 Å². The van der Waals surface area contributed by atoms with E-state index in [0.29, 0.717) is 6.29 Å². The van der Waals surface area contributed by atoms with Crippen molar-refractivity contribution in [2.24, 2.45) is 17.3 Å². The van der Waals surface area contributed by atoms with Gasteiger partial charge in [-0.15, -0.1) is 5.11 Å². The molecule has 0 aliphatic carbocycles. The molecule has 0 bridgehead atoms. The normalized spacial score (nSPS) is 10.6. The van der Waals surface area contributed by atoms with Crippen LogP contribution >= 0.6 is 0 Å². The largest absolute Gasteiger partial charge is 0.493 e. The summed E-state index contributed by atoms with van der Waals surface area (Å²) in [5.74, 6) is -1.01. The van der Waals surface area contributed by atoms with Crippen molar-refractivity contribution in [3.63, 3.8) is 0 Å². The number of carbonyl (C=O) groups is 2. The van der Waals surface area contributed by atoms with Crippen molar-refractivity contribution in [1.82, 2.24) is 4.57 Å². The third-order valence-electron chi connectivity index (χ3n) is 3.92. The highest BCUT2D eigenvalue weighted by molar-refractivity contribution is 5.93. The van der Waals surface area contributed by atoms with Crippen LogP contribution in [0.4, 0.5) is 11.4 Å². The highest BCUT2D eigenvalue weighted by atomic mass is 16.5. The fraction of sp³-hybridized carbons (Fsp3) is 0.263. The van der Waals surface area contributed by atoms with Crippen LogP contribution in [0.5, 0.6) is 11.6 Å². The molecule has 0 atom stereocenters. The number of rotatable bonds is 7. The van der Waals surface area contributed by atoms with E-state index < -0.39 is 17.4 Å². The van der Waals surface area contributed by atoms with Gasteiger partial charge in [0.15, 0.2) is 12.0 Å². The molecule has 1 aromatic carbocycles. The lowest BCUT2D eigenvalue weighted by atomic mass is 10.1. The van der Waals surface area contributed by atoms with E-state index in [1.807, 2.05) is 6.07 Å². The van der Waals surface area contributed by atoms with Crippen LogP contribution in [0.3, 0.4) is 0 Å². The summed E-state index contributed by atoms with van der Waals surface area (Å²) in [5.41, 5.74) is -0.235. The summed E-state index contributed by atoms with van der Waals surface area (Å²) in [4.78, 5) is 34.7. The van der Waals surface area contributed by atoms with E-state index in [0.717, 1.165) is 4.57 Å². The van der Waals surface area contributed by atoms with Crippen LogP contribution < -0.4 is 10.3 Å². The summed E-state index contributed by atoms with van der Waals surface area (Å²) < 4.78 is 11.1. The second-order valence-electron chi connectivity index (χ2n) is 5.73. The maximum absolute atomic E-state index is 12.3. The van der Waals surface area contributed by atoms with Crippen LogP contribution in [0, 0.1) is 18.3 Å². The zero-order chi connectivity index (χ0) is 21.6. The molecule has 29 heavy (non-hydrogen) atoms. The van der Waals surface area contributed by atoms with Crippen molar-refractivity contribution in [3.05, 3.63) is 45.2 Å². The van der Waals surface area contributed by atoms with Gasteiger partial charge in [-0.3, -0.25) is 14.2 Å². The summed E-state index contributed by atoms with van der Waals surface area (Å²) in [6.07, 6.45) is 0.455. The average molecular weight is 398 g/mol. The molecule has 2 rings (SSSR count). The fourth-order valence-corrected chi connectivity index (χ4v) is 2.43. The lowest BCUT2D eigenvalue weighted by Crippen LogP contribution is -2.18. The van der Waals surface area contributed by atoms with E-state index >= 15 is 0 Å². The van der Waals surface area contributed by atoms with Gasteiger partial charge in [0.05, 0.1) is 12.3 Å². The van der Waals surface area contributed by atoms with Gasteiger partial charge in [0.25, 0.3) is 5.56 Å². The molecule has 0 unspecified atom stereocenters. The highest BCUT2D eigenvalue weighted by Gasteiger charge is 2.18. The fourth-order valence-electron chi connectivity index (χ4n) is 2.43. The van der Waals surface area contributed by atoms with Crippen LogP contribution in [-0.2, 0) is 16.6 Å². The lowest BCUT2D eigenvalue weighted by Gasteiger charge is -2.10. The number of aromatic nitrogens is 1. The van der Waals surface area contributed by atoms with E-state index in [-0.39, 0.29) is 47.0 Å². The Balaban J connectivity index is 2.46. The maximum Gasteiger partial charge on any atom is 0.342 e. The van der Waals surface area contributed by atoms with Gasteiger partial charge in [0.2, 0.25) is 5.88 Å². The molecular formula is C19H18N4O6. The summed E-state index contributed by atoms with van der Waals surface area (Å²) in [5, 5.41) is 27.0. The van der Waals surface area contributed by atoms with Crippen molar-refractivity contribution in [2.75, 3.05) is 13.2 Å². The molecule has 2 aromatic rings. The molecule has 10 nitrogen and oxygen atoms in total. The summed E-state index contributed by atoms with van der Waals surface area (Å²) in [6.45, 7) is 3.08. The first-order chi connectivity index (χ1) is 13.8. The van der Waals surface area contributed by atoms with Crippen LogP contribution in [0.1, 0.15) is 28.4 Å². The van der Waals surface area contributed by atoms with Crippen LogP contribution in [0.2, 0.25) is 0 Å². The molecule has 0 radical (unpaired) electrons. The van der Waals surface area contributed by atoms with Crippen molar-refractivity contribution >= 4 is 23.6 Å². The molecule has 0 amide bonds. The Labute approximate surface area is 165 Å². The van der Waals surface area contributed by atoms with E-state index in [1.54, 1.807) is 6.92 Å². The number of nitrogens with zero attached hydrogens (tertiary/aromatic N) is 4. The predicted molar refractivity (Wildman–Crippen MR) is 101 cm³/mol. The van der Waals surface area contributed by atoms with Crippen LogP contribution in [0.25, 0.3) is 0 Å².